The third-order valence-corrected chi connectivity index (χ3v) is 3.82. The molecule has 2 aromatic rings. The summed E-state index contributed by atoms with van der Waals surface area (Å²) < 4.78 is 5.33. The lowest BCUT2D eigenvalue weighted by molar-refractivity contribution is 0.412. The van der Waals surface area contributed by atoms with Crippen molar-refractivity contribution in [2.75, 3.05) is 13.7 Å². The molecule has 0 spiro atoms. The molecule has 19 heavy (non-hydrogen) atoms. The minimum absolute atomic E-state index is 0.192. The second-order valence-electron chi connectivity index (χ2n) is 4.76. The molecule has 0 saturated carbocycles. The minimum atomic E-state index is 0.192. The molecule has 0 aliphatic carbocycles. The van der Waals surface area contributed by atoms with Crippen LogP contribution < -0.4 is 10.1 Å². The fourth-order valence-corrected chi connectivity index (χ4v) is 2.84. The van der Waals surface area contributed by atoms with Crippen LogP contribution in [0.4, 0.5) is 0 Å². The fraction of sp³-hybridized carbons (Fsp3) is 0.250. The third kappa shape index (κ3) is 2.46. The highest BCUT2D eigenvalue weighted by molar-refractivity contribution is 6.30. The van der Waals surface area contributed by atoms with Crippen molar-refractivity contribution < 1.29 is 4.74 Å². The number of ether oxygens (including phenoxy) is 1. The Balaban J connectivity index is 2.06. The zero-order valence-electron chi connectivity index (χ0n) is 10.8. The van der Waals surface area contributed by atoms with Gasteiger partial charge in [0.25, 0.3) is 0 Å². The molecule has 0 radical (unpaired) electrons. The molecule has 2 aromatic carbocycles. The Bertz CT molecular complexity index is 597. The summed E-state index contributed by atoms with van der Waals surface area (Å²) in [5, 5.41) is 4.33. The minimum Gasteiger partial charge on any atom is -0.497 e. The van der Waals surface area contributed by atoms with Crippen LogP contribution in [0, 0.1) is 0 Å². The summed E-state index contributed by atoms with van der Waals surface area (Å²) >= 11 is 6.10. The van der Waals surface area contributed by atoms with Crippen LogP contribution in [0.15, 0.2) is 42.5 Å². The van der Waals surface area contributed by atoms with Crippen LogP contribution >= 0.6 is 11.6 Å². The average molecular weight is 274 g/mol. The smallest absolute Gasteiger partial charge is 0.119 e. The molecule has 0 aromatic heterocycles. The van der Waals surface area contributed by atoms with Crippen LogP contribution in [-0.4, -0.2) is 13.7 Å². The molecule has 1 aliphatic rings. The normalized spacial score (nSPS) is 17.9. The summed E-state index contributed by atoms with van der Waals surface area (Å²) in [6.07, 6.45) is 1.05. The van der Waals surface area contributed by atoms with Crippen molar-refractivity contribution in [1.29, 1.82) is 0 Å². The van der Waals surface area contributed by atoms with Crippen molar-refractivity contribution in [1.82, 2.24) is 5.32 Å². The van der Waals surface area contributed by atoms with Gasteiger partial charge in [-0.1, -0.05) is 29.8 Å². The summed E-state index contributed by atoms with van der Waals surface area (Å²) in [5.41, 5.74) is 3.86. The lowest BCUT2D eigenvalue weighted by Crippen LogP contribution is -2.30. The highest BCUT2D eigenvalue weighted by atomic mass is 35.5. The second-order valence-corrected chi connectivity index (χ2v) is 5.19. The summed E-state index contributed by atoms with van der Waals surface area (Å²) in [7, 11) is 1.70. The van der Waals surface area contributed by atoms with Crippen molar-refractivity contribution in [3.63, 3.8) is 0 Å². The Morgan fingerprint density at radius 1 is 1.21 bits per heavy atom. The van der Waals surface area contributed by atoms with Gasteiger partial charge in [-0.25, -0.2) is 0 Å². The van der Waals surface area contributed by atoms with Crippen LogP contribution in [-0.2, 0) is 6.42 Å². The van der Waals surface area contributed by atoms with E-state index in [1.54, 1.807) is 7.11 Å². The third-order valence-electron chi connectivity index (χ3n) is 3.59. The summed E-state index contributed by atoms with van der Waals surface area (Å²) in [4.78, 5) is 0. The highest BCUT2D eigenvalue weighted by Gasteiger charge is 2.21. The largest absolute Gasteiger partial charge is 0.497 e. The van der Waals surface area contributed by atoms with E-state index in [-0.39, 0.29) is 6.04 Å². The van der Waals surface area contributed by atoms with E-state index in [1.807, 2.05) is 24.3 Å². The SMILES string of the molecule is COc1ccc2c(c1)C(c1cccc(Cl)c1)NCC2. The van der Waals surface area contributed by atoms with E-state index in [0.717, 1.165) is 23.7 Å². The average Bonchev–Trinajstić information content (AvgIpc) is 2.46. The number of fused-ring (bicyclic) bond motifs is 1. The predicted octanol–water partition coefficient (Wildman–Crippen LogP) is 3.58. The van der Waals surface area contributed by atoms with Gasteiger partial charge in [-0.2, -0.15) is 0 Å². The van der Waals surface area contributed by atoms with E-state index in [9.17, 15) is 0 Å². The van der Waals surface area contributed by atoms with E-state index < -0.39 is 0 Å². The van der Waals surface area contributed by atoms with Gasteiger partial charge < -0.3 is 10.1 Å². The fourth-order valence-electron chi connectivity index (χ4n) is 2.64. The van der Waals surface area contributed by atoms with Gasteiger partial charge in [0.05, 0.1) is 13.2 Å². The van der Waals surface area contributed by atoms with E-state index in [1.165, 1.54) is 16.7 Å². The van der Waals surface area contributed by atoms with Gasteiger partial charge in [-0.3, -0.25) is 0 Å². The Labute approximate surface area is 118 Å². The van der Waals surface area contributed by atoms with Crippen molar-refractivity contribution >= 4 is 11.6 Å². The van der Waals surface area contributed by atoms with Crippen LogP contribution in [0.1, 0.15) is 22.7 Å². The van der Waals surface area contributed by atoms with Crippen LogP contribution in [0.3, 0.4) is 0 Å². The molecule has 3 rings (SSSR count). The first kappa shape index (κ1) is 12.5. The van der Waals surface area contributed by atoms with Gasteiger partial charge in [-0.15, -0.1) is 0 Å². The first-order valence-corrected chi connectivity index (χ1v) is 6.81. The maximum atomic E-state index is 6.10. The van der Waals surface area contributed by atoms with Gasteiger partial charge in [0.15, 0.2) is 0 Å². The van der Waals surface area contributed by atoms with E-state index in [4.69, 9.17) is 16.3 Å². The maximum absolute atomic E-state index is 6.10. The molecule has 0 fully saturated rings. The van der Waals surface area contributed by atoms with Crippen molar-refractivity contribution in [3.8, 4) is 5.75 Å². The Kier molecular flexibility index (Phi) is 3.45. The van der Waals surface area contributed by atoms with E-state index >= 15 is 0 Å². The molecule has 1 unspecified atom stereocenters. The molecular formula is C16H16ClNO. The highest BCUT2D eigenvalue weighted by Crippen LogP contribution is 2.32. The lowest BCUT2D eigenvalue weighted by atomic mass is 9.90. The number of nitrogens with one attached hydrogen (secondary N) is 1. The molecule has 0 bridgehead atoms. The first-order chi connectivity index (χ1) is 9.28. The van der Waals surface area contributed by atoms with Gasteiger partial charge in [0.1, 0.15) is 5.75 Å². The lowest BCUT2D eigenvalue weighted by Gasteiger charge is -2.28. The number of halogens is 1. The molecule has 1 heterocycles. The van der Waals surface area contributed by atoms with Crippen LogP contribution in [0.5, 0.6) is 5.75 Å². The topological polar surface area (TPSA) is 21.3 Å². The summed E-state index contributed by atoms with van der Waals surface area (Å²) in [6.45, 7) is 0.983. The van der Waals surface area contributed by atoms with Crippen molar-refractivity contribution in [3.05, 3.63) is 64.2 Å². The monoisotopic (exact) mass is 273 g/mol. The number of hydrogen-bond acceptors (Lipinski definition) is 2. The van der Waals surface area contributed by atoms with Gasteiger partial charge in [0.2, 0.25) is 0 Å². The Hall–Kier alpha value is -1.51. The molecule has 1 aliphatic heterocycles. The molecule has 98 valence electrons. The first-order valence-electron chi connectivity index (χ1n) is 6.43. The second kappa shape index (κ2) is 5.24. The Morgan fingerprint density at radius 3 is 2.89 bits per heavy atom. The van der Waals surface area contributed by atoms with Gasteiger partial charge >= 0.3 is 0 Å². The quantitative estimate of drug-likeness (QED) is 0.903. The van der Waals surface area contributed by atoms with Crippen molar-refractivity contribution in [2.45, 2.75) is 12.5 Å². The van der Waals surface area contributed by atoms with Crippen LogP contribution in [0.25, 0.3) is 0 Å². The molecule has 3 heteroatoms. The molecule has 2 nitrogen and oxygen atoms in total. The number of benzene rings is 2. The van der Waals surface area contributed by atoms with Crippen molar-refractivity contribution in [2.24, 2.45) is 0 Å². The van der Waals surface area contributed by atoms with Gasteiger partial charge in [-0.05, 0) is 47.4 Å². The summed E-state index contributed by atoms with van der Waals surface area (Å²) in [5.74, 6) is 0.898. The summed E-state index contributed by atoms with van der Waals surface area (Å²) in [6, 6.07) is 14.5. The predicted molar refractivity (Wildman–Crippen MR) is 78.0 cm³/mol. The standard InChI is InChI=1S/C16H16ClNO/c1-19-14-6-5-11-7-8-18-16(15(11)10-14)12-3-2-4-13(17)9-12/h2-6,9-10,16,18H,7-8H2,1H3. The molecule has 1 N–H and O–H groups in total. The van der Waals surface area contributed by atoms with Crippen LogP contribution in [0.2, 0.25) is 5.02 Å². The number of methoxy groups -OCH3 is 1. The number of hydrogen-bond donors (Lipinski definition) is 1. The number of rotatable bonds is 2. The molecule has 0 amide bonds. The molecule has 0 saturated heterocycles. The maximum Gasteiger partial charge on any atom is 0.119 e. The zero-order valence-corrected chi connectivity index (χ0v) is 11.6. The van der Waals surface area contributed by atoms with Gasteiger partial charge in [0, 0.05) is 11.6 Å². The van der Waals surface area contributed by atoms with E-state index in [2.05, 4.69) is 23.5 Å². The zero-order chi connectivity index (χ0) is 13.2. The molecule has 1 atom stereocenters. The molecular weight excluding hydrogens is 258 g/mol. The van der Waals surface area contributed by atoms with E-state index in [0.29, 0.717) is 0 Å². The Morgan fingerprint density at radius 2 is 2.11 bits per heavy atom.